The number of nitrogens with zero attached hydrogens (tertiary/aromatic N) is 2. The van der Waals surface area contributed by atoms with Crippen molar-refractivity contribution in [1.29, 1.82) is 0 Å². The molecule has 0 aromatic heterocycles. The van der Waals surface area contributed by atoms with E-state index < -0.39 is 0 Å². The Labute approximate surface area is 129 Å². The highest BCUT2D eigenvalue weighted by Crippen LogP contribution is 1.99. The number of nitrogens with one attached hydrogen (secondary N) is 1. The molecule has 1 heterocycles. The van der Waals surface area contributed by atoms with E-state index in [4.69, 9.17) is 4.74 Å². The molecule has 4 nitrogen and oxygen atoms in total. The molecule has 118 valence electrons. The number of benzene rings is 1. The van der Waals surface area contributed by atoms with Crippen LogP contribution in [0.4, 0.5) is 0 Å². The molecule has 0 spiro atoms. The molecule has 1 aliphatic heterocycles. The molecule has 1 saturated heterocycles. The summed E-state index contributed by atoms with van der Waals surface area (Å²) in [5.74, 6) is 0. The van der Waals surface area contributed by atoms with Gasteiger partial charge in [0, 0.05) is 45.9 Å². The zero-order valence-electron chi connectivity index (χ0n) is 13.3. The average molecular weight is 291 g/mol. The molecule has 21 heavy (non-hydrogen) atoms. The molecule has 0 unspecified atom stereocenters. The molecule has 0 atom stereocenters. The quantitative estimate of drug-likeness (QED) is 0.697. The Balaban J connectivity index is 1.39. The number of ether oxygens (including phenoxy) is 1. The highest BCUT2D eigenvalue weighted by atomic mass is 16.5. The van der Waals surface area contributed by atoms with Gasteiger partial charge in [0.25, 0.3) is 0 Å². The molecule has 1 fully saturated rings. The van der Waals surface area contributed by atoms with Crippen molar-refractivity contribution >= 4 is 0 Å². The maximum absolute atomic E-state index is 5.72. The van der Waals surface area contributed by atoms with Gasteiger partial charge in [0.05, 0.1) is 6.61 Å². The standard InChI is InChI=1S/C17H29N3O/c1-19-9-11-20(12-10-19)13-15-21-14-5-8-18-16-17-6-3-2-4-7-17/h2-4,6-7,18H,5,8-16H2,1H3. The van der Waals surface area contributed by atoms with Gasteiger partial charge in [-0.3, -0.25) is 4.90 Å². The molecule has 0 bridgehead atoms. The number of likely N-dealkylation sites (N-methyl/N-ethyl adjacent to an activating group) is 1. The fraction of sp³-hybridized carbons (Fsp3) is 0.647. The van der Waals surface area contributed by atoms with Crippen molar-refractivity contribution in [1.82, 2.24) is 15.1 Å². The van der Waals surface area contributed by atoms with Crippen LogP contribution >= 0.6 is 0 Å². The molecule has 1 aromatic carbocycles. The fourth-order valence-corrected chi connectivity index (χ4v) is 2.50. The second-order valence-electron chi connectivity index (χ2n) is 5.77. The Morgan fingerprint density at radius 1 is 1.05 bits per heavy atom. The Kier molecular flexibility index (Phi) is 7.75. The van der Waals surface area contributed by atoms with Crippen LogP contribution in [-0.2, 0) is 11.3 Å². The first-order valence-electron chi connectivity index (χ1n) is 8.08. The van der Waals surface area contributed by atoms with Crippen molar-refractivity contribution in [3.05, 3.63) is 35.9 Å². The van der Waals surface area contributed by atoms with E-state index in [1.165, 1.54) is 31.7 Å². The Morgan fingerprint density at radius 3 is 2.57 bits per heavy atom. The summed E-state index contributed by atoms with van der Waals surface area (Å²) >= 11 is 0. The lowest BCUT2D eigenvalue weighted by Gasteiger charge is -2.32. The van der Waals surface area contributed by atoms with E-state index in [1.807, 2.05) is 0 Å². The van der Waals surface area contributed by atoms with E-state index in [0.717, 1.165) is 39.3 Å². The fourth-order valence-electron chi connectivity index (χ4n) is 2.50. The van der Waals surface area contributed by atoms with Gasteiger partial charge in [0.1, 0.15) is 0 Å². The second-order valence-corrected chi connectivity index (χ2v) is 5.77. The van der Waals surface area contributed by atoms with Crippen molar-refractivity contribution in [2.45, 2.75) is 13.0 Å². The third-order valence-corrected chi connectivity index (χ3v) is 3.96. The third-order valence-electron chi connectivity index (χ3n) is 3.96. The summed E-state index contributed by atoms with van der Waals surface area (Å²) in [7, 11) is 2.19. The topological polar surface area (TPSA) is 27.7 Å². The summed E-state index contributed by atoms with van der Waals surface area (Å²) in [6, 6.07) is 10.5. The van der Waals surface area contributed by atoms with Crippen LogP contribution in [0.2, 0.25) is 0 Å². The Morgan fingerprint density at radius 2 is 1.81 bits per heavy atom. The van der Waals surface area contributed by atoms with Crippen LogP contribution in [0.5, 0.6) is 0 Å². The maximum Gasteiger partial charge on any atom is 0.0593 e. The lowest BCUT2D eigenvalue weighted by Crippen LogP contribution is -2.45. The minimum atomic E-state index is 0.857. The van der Waals surface area contributed by atoms with Crippen molar-refractivity contribution in [3.63, 3.8) is 0 Å². The highest BCUT2D eigenvalue weighted by Gasteiger charge is 2.12. The van der Waals surface area contributed by atoms with Gasteiger partial charge in [0.15, 0.2) is 0 Å². The highest BCUT2D eigenvalue weighted by molar-refractivity contribution is 5.14. The van der Waals surface area contributed by atoms with Gasteiger partial charge in [-0.1, -0.05) is 30.3 Å². The molecule has 0 aliphatic carbocycles. The third kappa shape index (κ3) is 7.05. The van der Waals surface area contributed by atoms with Gasteiger partial charge in [-0.2, -0.15) is 0 Å². The molecule has 1 aromatic rings. The smallest absolute Gasteiger partial charge is 0.0593 e. The molecule has 1 N–H and O–H groups in total. The van der Waals surface area contributed by atoms with Crippen molar-refractivity contribution in [2.75, 3.05) is 59.5 Å². The minimum absolute atomic E-state index is 0.857. The predicted octanol–water partition coefficient (Wildman–Crippen LogP) is 1.43. The largest absolute Gasteiger partial charge is 0.380 e. The number of rotatable bonds is 9. The molecule has 0 amide bonds. The van der Waals surface area contributed by atoms with Crippen molar-refractivity contribution in [3.8, 4) is 0 Å². The van der Waals surface area contributed by atoms with Crippen molar-refractivity contribution < 1.29 is 4.74 Å². The van der Waals surface area contributed by atoms with E-state index in [2.05, 4.69) is 52.5 Å². The van der Waals surface area contributed by atoms with Gasteiger partial charge >= 0.3 is 0 Å². The summed E-state index contributed by atoms with van der Waals surface area (Å²) in [5, 5.41) is 3.45. The summed E-state index contributed by atoms with van der Waals surface area (Å²) in [5.41, 5.74) is 1.34. The Hall–Kier alpha value is -0.940. The van der Waals surface area contributed by atoms with Crippen molar-refractivity contribution in [2.24, 2.45) is 0 Å². The van der Waals surface area contributed by atoms with Gasteiger partial charge in [-0.05, 0) is 25.6 Å². The first-order valence-corrected chi connectivity index (χ1v) is 8.08. The predicted molar refractivity (Wildman–Crippen MR) is 87.5 cm³/mol. The van der Waals surface area contributed by atoms with Gasteiger partial charge < -0.3 is 15.0 Å². The normalized spacial score (nSPS) is 17.2. The van der Waals surface area contributed by atoms with Crippen LogP contribution in [0.3, 0.4) is 0 Å². The monoisotopic (exact) mass is 291 g/mol. The maximum atomic E-state index is 5.72. The van der Waals surface area contributed by atoms with Crippen LogP contribution in [0.15, 0.2) is 30.3 Å². The lowest BCUT2D eigenvalue weighted by atomic mass is 10.2. The second kappa shape index (κ2) is 9.90. The van der Waals surface area contributed by atoms with Gasteiger partial charge in [0.2, 0.25) is 0 Å². The zero-order valence-corrected chi connectivity index (χ0v) is 13.3. The van der Waals surface area contributed by atoms with E-state index in [1.54, 1.807) is 0 Å². The minimum Gasteiger partial charge on any atom is -0.380 e. The first kappa shape index (κ1) is 16.4. The summed E-state index contributed by atoms with van der Waals surface area (Å²) in [4.78, 5) is 4.88. The van der Waals surface area contributed by atoms with Gasteiger partial charge in [-0.15, -0.1) is 0 Å². The summed E-state index contributed by atoms with van der Waals surface area (Å²) < 4.78 is 5.72. The van der Waals surface area contributed by atoms with E-state index in [-0.39, 0.29) is 0 Å². The molecule has 0 saturated carbocycles. The first-order chi connectivity index (χ1) is 10.3. The van der Waals surface area contributed by atoms with E-state index >= 15 is 0 Å². The number of hydrogen-bond donors (Lipinski definition) is 1. The molecule has 1 aliphatic rings. The molecule has 0 radical (unpaired) electrons. The zero-order chi connectivity index (χ0) is 14.8. The summed E-state index contributed by atoms with van der Waals surface area (Å²) in [6.45, 7) is 9.48. The SMILES string of the molecule is CN1CCN(CCOCCCNCc2ccccc2)CC1. The van der Waals surface area contributed by atoms with Gasteiger partial charge in [-0.25, -0.2) is 0 Å². The van der Waals surface area contributed by atoms with Crippen LogP contribution in [0, 0.1) is 0 Å². The van der Waals surface area contributed by atoms with Crippen LogP contribution in [0.25, 0.3) is 0 Å². The molecular weight excluding hydrogens is 262 g/mol. The molecule has 2 rings (SSSR count). The number of hydrogen-bond acceptors (Lipinski definition) is 4. The lowest BCUT2D eigenvalue weighted by molar-refractivity contribution is 0.0808. The van der Waals surface area contributed by atoms with E-state index in [9.17, 15) is 0 Å². The van der Waals surface area contributed by atoms with Crippen LogP contribution in [0.1, 0.15) is 12.0 Å². The number of piperazine rings is 1. The van der Waals surface area contributed by atoms with Crippen LogP contribution < -0.4 is 5.32 Å². The molecular formula is C17H29N3O. The Bertz CT molecular complexity index is 364. The average Bonchev–Trinajstić information content (AvgIpc) is 2.53. The molecule has 4 heteroatoms. The van der Waals surface area contributed by atoms with Crippen LogP contribution in [-0.4, -0.2) is 69.3 Å². The van der Waals surface area contributed by atoms with E-state index in [0.29, 0.717) is 0 Å². The summed E-state index contributed by atoms with van der Waals surface area (Å²) in [6.07, 6.45) is 1.08.